The highest BCUT2D eigenvalue weighted by Gasteiger charge is 2.24. The molecule has 1 aromatic rings. The highest BCUT2D eigenvalue weighted by molar-refractivity contribution is 5.89. The van der Waals surface area contributed by atoms with Gasteiger partial charge in [0, 0.05) is 24.6 Å². The number of nitrogens with one attached hydrogen (secondary N) is 2. The number of aromatic nitrogens is 2. The van der Waals surface area contributed by atoms with Gasteiger partial charge in [0.1, 0.15) is 5.69 Å². The van der Waals surface area contributed by atoms with Crippen molar-refractivity contribution in [2.75, 3.05) is 6.61 Å². The monoisotopic (exact) mass is 209 g/mol. The third-order valence-corrected chi connectivity index (χ3v) is 2.56. The van der Waals surface area contributed by atoms with Crippen molar-refractivity contribution in [3.05, 3.63) is 17.0 Å². The van der Waals surface area contributed by atoms with E-state index >= 15 is 0 Å². The molecule has 1 atom stereocenters. The van der Waals surface area contributed by atoms with Crippen LogP contribution in [0, 0.1) is 0 Å². The molecule has 5 heteroatoms. The summed E-state index contributed by atoms with van der Waals surface area (Å²) < 4.78 is 4.94. The lowest BCUT2D eigenvalue weighted by molar-refractivity contribution is 0.0518. The number of esters is 1. The van der Waals surface area contributed by atoms with Crippen molar-refractivity contribution in [2.45, 2.75) is 32.9 Å². The zero-order valence-corrected chi connectivity index (χ0v) is 8.96. The fourth-order valence-electron chi connectivity index (χ4n) is 1.77. The molecule has 1 aromatic heterocycles. The molecular formula is C10H15N3O2. The lowest BCUT2D eigenvalue weighted by Gasteiger charge is -2.19. The summed E-state index contributed by atoms with van der Waals surface area (Å²) in [5.74, 6) is -0.317. The van der Waals surface area contributed by atoms with Gasteiger partial charge in [-0.25, -0.2) is 4.79 Å². The molecule has 0 saturated carbocycles. The van der Waals surface area contributed by atoms with Gasteiger partial charge in [-0.1, -0.05) is 0 Å². The number of fused-ring (bicyclic) bond motifs is 1. The number of hydrogen-bond donors (Lipinski definition) is 2. The van der Waals surface area contributed by atoms with Crippen LogP contribution in [0.1, 0.15) is 35.6 Å². The predicted molar refractivity (Wildman–Crippen MR) is 54.5 cm³/mol. The van der Waals surface area contributed by atoms with Crippen molar-refractivity contribution in [1.82, 2.24) is 15.5 Å². The zero-order chi connectivity index (χ0) is 10.8. The van der Waals surface area contributed by atoms with E-state index < -0.39 is 0 Å². The summed E-state index contributed by atoms with van der Waals surface area (Å²) in [5, 5.41) is 10.2. The summed E-state index contributed by atoms with van der Waals surface area (Å²) >= 11 is 0. The molecule has 2 rings (SSSR count). The average Bonchev–Trinajstić information content (AvgIpc) is 2.60. The molecule has 82 valence electrons. The summed E-state index contributed by atoms with van der Waals surface area (Å²) in [4.78, 5) is 11.5. The van der Waals surface area contributed by atoms with Crippen molar-refractivity contribution in [3.63, 3.8) is 0 Å². The van der Waals surface area contributed by atoms with E-state index in [9.17, 15) is 4.79 Å². The number of carbonyl (C=O) groups excluding carboxylic acids is 1. The van der Waals surface area contributed by atoms with E-state index in [1.807, 2.05) is 0 Å². The Kier molecular flexibility index (Phi) is 2.73. The van der Waals surface area contributed by atoms with Gasteiger partial charge in [0.15, 0.2) is 0 Å². The van der Waals surface area contributed by atoms with E-state index in [-0.39, 0.29) is 5.97 Å². The first-order valence-electron chi connectivity index (χ1n) is 5.19. The quantitative estimate of drug-likeness (QED) is 0.701. The number of H-pyrrole nitrogens is 1. The highest BCUT2D eigenvalue weighted by atomic mass is 16.5. The molecule has 0 amide bonds. The van der Waals surface area contributed by atoms with Crippen molar-refractivity contribution >= 4 is 5.97 Å². The molecule has 1 aliphatic heterocycles. The normalized spacial score (nSPS) is 19.7. The summed E-state index contributed by atoms with van der Waals surface area (Å²) in [6.45, 7) is 4.96. The third kappa shape index (κ3) is 1.87. The molecule has 2 heterocycles. The first kappa shape index (κ1) is 10.2. The predicted octanol–water partition coefficient (Wildman–Crippen LogP) is 0.621. The van der Waals surface area contributed by atoms with Gasteiger partial charge < -0.3 is 10.1 Å². The van der Waals surface area contributed by atoms with Gasteiger partial charge in [-0.15, -0.1) is 0 Å². The van der Waals surface area contributed by atoms with Gasteiger partial charge in [0.25, 0.3) is 0 Å². The summed E-state index contributed by atoms with van der Waals surface area (Å²) in [5.41, 5.74) is 2.42. The molecule has 0 radical (unpaired) electrons. The van der Waals surface area contributed by atoms with Crippen LogP contribution >= 0.6 is 0 Å². The minimum Gasteiger partial charge on any atom is -0.461 e. The van der Waals surface area contributed by atoms with Crippen LogP contribution in [0.5, 0.6) is 0 Å². The second-order valence-electron chi connectivity index (χ2n) is 3.73. The van der Waals surface area contributed by atoms with Crippen LogP contribution in [0.4, 0.5) is 0 Å². The van der Waals surface area contributed by atoms with Gasteiger partial charge in [-0.05, 0) is 13.8 Å². The maximum atomic E-state index is 11.5. The van der Waals surface area contributed by atoms with Crippen LogP contribution in [0.2, 0.25) is 0 Å². The van der Waals surface area contributed by atoms with Crippen molar-refractivity contribution < 1.29 is 9.53 Å². The fraction of sp³-hybridized carbons (Fsp3) is 0.600. The number of rotatable bonds is 2. The number of carbonyl (C=O) groups is 1. The Labute approximate surface area is 88.2 Å². The van der Waals surface area contributed by atoms with E-state index in [2.05, 4.69) is 22.4 Å². The molecule has 0 aromatic carbocycles. The Balaban J connectivity index is 2.24. The van der Waals surface area contributed by atoms with Crippen LogP contribution in [0.3, 0.4) is 0 Å². The minimum atomic E-state index is -0.317. The minimum absolute atomic E-state index is 0.317. The standard InChI is InChI=1S/C10H15N3O2/c1-3-15-10(14)9-7-5-11-6(2)4-8(7)12-13-9/h6,11H,3-5H2,1-2H3,(H,12,13). The summed E-state index contributed by atoms with van der Waals surface area (Å²) in [7, 11) is 0. The Bertz CT molecular complexity index is 373. The lowest BCUT2D eigenvalue weighted by atomic mass is 10.0. The molecule has 15 heavy (non-hydrogen) atoms. The topological polar surface area (TPSA) is 67.0 Å². The first-order chi connectivity index (χ1) is 7.22. The smallest absolute Gasteiger partial charge is 0.356 e. The van der Waals surface area contributed by atoms with Gasteiger partial charge in [-0.2, -0.15) is 5.10 Å². The third-order valence-electron chi connectivity index (χ3n) is 2.56. The number of hydrogen-bond acceptors (Lipinski definition) is 4. The van der Waals surface area contributed by atoms with E-state index in [1.54, 1.807) is 6.92 Å². The van der Waals surface area contributed by atoms with Crippen molar-refractivity contribution in [1.29, 1.82) is 0 Å². The maximum Gasteiger partial charge on any atom is 0.356 e. The van der Waals surface area contributed by atoms with Gasteiger partial charge in [-0.3, -0.25) is 5.10 Å². The molecule has 1 unspecified atom stereocenters. The Morgan fingerprint density at radius 2 is 2.47 bits per heavy atom. The number of ether oxygens (including phenoxy) is 1. The molecule has 1 aliphatic rings. The van der Waals surface area contributed by atoms with Crippen LogP contribution in [0.25, 0.3) is 0 Å². The lowest BCUT2D eigenvalue weighted by Crippen LogP contribution is -2.33. The zero-order valence-electron chi connectivity index (χ0n) is 8.96. The highest BCUT2D eigenvalue weighted by Crippen LogP contribution is 2.18. The largest absolute Gasteiger partial charge is 0.461 e. The molecule has 5 nitrogen and oxygen atoms in total. The van der Waals surface area contributed by atoms with E-state index in [0.717, 1.165) is 17.7 Å². The van der Waals surface area contributed by atoms with E-state index in [4.69, 9.17) is 4.74 Å². The summed E-state index contributed by atoms with van der Waals surface area (Å²) in [6.07, 6.45) is 0.852. The van der Waals surface area contributed by atoms with Crippen LogP contribution in [-0.4, -0.2) is 28.8 Å². The number of aromatic amines is 1. The molecule has 0 spiro atoms. The molecule has 2 N–H and O–H groups in total. The van der Waals surface area contributed by atoms with E-state index in [1.165, 1.54) is 0 Å². The Morgan fingerprint density at radius 1 is 1.67 bits per heavy atom. The van der Waals surface area contributed by atoms with Gasteiger partial charge in [0.05, 0.1) is 12.3 Å². The maximum absolute atomic E-state index is 11.5. The van der Waals surface area contributed by atoms with Crippen LogP contribution in [-0.2, 0) is 17.7 Å². The molecule has 0 saturated heterocycles. The molecule has 0 fully saturated rings. The summed E-state index contributed by atoms with van der Waals surface area (Å²) in [6, 6.07) is 0.413. The number of nitrogens with zero attached hydrogens (tertiary/aromatic N) is 1. The molecular weight excluding hydrogens is 194 g/mol. The second-order valence-corrected chi connectivity index (χ2v) is 3.73. The van der Waals surface area contributed by atoms with Crippen molar-refractivity contribution in [3.8, 4) is 0 Å². The average molecular weight is 209 g/mol. The van der Waals surface area contributed by atoms with E-state index in [0.29, 0.717) is 24.9 Å². The SMILES string of the molecule is CCOC(=O)c1[nH]nc2c1CNC(C)C2. The first-order valence-corrected chi connectivity index (χ1v) is 5.19. The Hall–Kier alpha value is -1.36. The molecule has 0 bridgehead atoms. The molecule has 0 aliphatic carbocycles. The van der Waals surface area contributed by atoms with Gasteiger partial charge >= 0.3 is 5.97 Å². The second kappa shape index (κ2) is 4.02. The van der Waals surface area contributed by atoms with Crippen molar-refractivity contribution in [2.24, 2.45) is 0 Å². The fourth-order valence-corrected chi connectivity index (χ4v) is 1.77. The van der Waals surface area contributed by atoms with Gasteiger partial charge in [0.2, 0.25) is 0 Å². The van der Waals surface area contributed by atoms with Crippen LogP contribution in [0.15, 0.2) is 0 Å². The Morgan fingerprint density at radius 3 is 3.20 bits per heavy atom. The van der Waals surface area contributed by atoms with Crippen LogP contribution < -0.4 is 5.32 Å².